The van der Waals surface area contributed by atoms with Gasteiger partial charge >= 0.3 is 0 Å². The Kier molecular flexibility index (Phi) is 5.30. The third-order valence-corrected chi connectivity index (χ3v) is 6.81. The largest absolute Gasteiger partial charge is 0.335 e. The fourth-order valence-electron chi connectivity index (χ4n) is 4.75. The summed E-state index contributed by atoms with van der Waals surface area (Å²) in [5, 5.41) is 6.12. The van der Waals surface area contributed by atoms with Crippen LogP contribution in [0.25, 0.3) is 16.9 Å². The van der Waals surface area contributed by atoms with Gasteiger partial charge in [0.25, 0.3) is 5.91 Å². The van der Waals surface area contributed by atoms with Crippen molar-refractivity contribution in [2.45, 2.75) is 44.6 Å². The first kappa shape index (κ1) is 19.7. The third-order valence-electron chi connectivity index (χ3n) is 6.24. The van der Waals surface area contributed by atoms with Crippen LogP contribution in [0.1, 0.15) is 48.2 Å². The summed E-state index contributed by atoms with van der Waals surface area (Å²) in [6, 6.07) is 15.5. The summed E-state index contributed by atoms with van der Waals surface area (Å²) in [7, 11) is 0. The van der Waals surface area contributed by atoms with Gasteiger partial charge in [0, 0.05) is 29.6 Å². The fraction of sp³-hybridized carbons (Fsp3) is 0.333. The minimum atomic E-state index is 0.0893. The molecular formula is C24H23Cl2N3O. The summed E-state index contributed by atoms with van der Waals surface area (Å²) in [5.74, 6) is 0.0893. The summed E-state index contributed by atoms with van der Waals surface area (Å²) in [5.41, 5.74) is 4.02. The van der Waals surface area contributed by atoms with Crippen molar-refractivity contribution in [1.82, 2.24) is 14.7 Å². The van der Waals surface area contributed by atoms with Crippen molar-refractivity contribution < 1.29 is 4.79 Å². The van der Waals surface area contributed by atoms with E-state index in [0.29, 0.717) is 21.7 Å². The van der Waals surface area contributed by atoms with Gasteiger partial charge in [0.15, 0.2) is 0 Å². The molecule has 1 aliphatic carbocycles. The maximum Gasteiger partial charge on any atom is 0.258 e. The van der Waals surface area contributed by atoms with Crippen LogP contribution in [0.3, 0.4) is 0 Å². The van der Waals surface area contributed by atoms with Crippen molar-refractivity contribution >= 4 is 29.1 Å². The Balaban J connectivity index is 1.67. The van der Waals surface area contributed by atoms with Gasteiger partial charge < -0.3 is 4.90 Å². The second kappa shape index (κ2) is 8.09. The van der Waals surface area contributed by atoms with Crippen molar-refractivity contribution in [3.63, 3.8) is 0 Å². The lowest BCUT2D eigenvalue weighted by molar-refractivity contribution is 0.0615. The molecule has 1 aliphatic heterocycles. The number of benzene rings is 2. The standard InChI is InChI=1S/C24H23Cl2N3O/c25-17-12-10-16(11-13-17)23-22-20(27-29(23)21-9-5-4-8-19(21)26)14-15-28(24(22)30)18-6-2-1-3-7-18/h4-5,8-13,18H,1-3,6-7,14-15H2. The van der Waals surface area contributed by atoms with E-state index in [1.807, 2.05) is 53.2 Å². The van der Waals surface area contributed by atoms with Crippen molar-refractivity contribution in [2.75, 3.05) is 6.54 Å². The SMILES string of the molecule is O=C1c2c(nn(-c3ccccc3Cl)c2-c2ccc(Cl)cc2)CCN1C1CCCCC1. The molecule has 2 heterocycles. The molecule has 0 atom stereocenters. The van der Waals surface area contributed by atoms with E-state index >= 15 is 0 Å². The van der Waals surface area contributed by atoms with Crippen LogP contribution in [0.2, 0.25) is 10.0 Å². The summed E-state index contributed by atoms with van der Waals surface area (Å²) in [4.78, 5) is 15.8. The number of fused-ring (bicyclic) bond motifs is 1. The zero-order chi connectivity index (χ0) is 20.7. The molecule has 0 saturated heterocycles. The quantitative estimate of drug-likeness (QED) is 0.488. The number of hydrogen-bond donors (Lipinski definition) is 0. The third kappa shape index (κ3) is 3.42. The molecule has 3 aromatic rings. The number of nitrogens with zero attached hydrogens (tertiary/aromatic N) is 3. The Morgan fingerprint density at radius 3 is 2.40 bits per heavy atom. The van der Waals surface area contributed by atoms with Crippen molar-refractivity contribution in [2.24, 2.45) is 0 Å². The number of halogens is 2. The van der Waals surface area contributed by atoms with E-state index < -0.39 is 0 Å². The zero-order valence-electron chi connectivity index (χ0n) is 16.7. The molecule has 0 unspecified atom stereocenters. The molecule has 5 rings (SSSR count). The first-order chi connectivity index (χ1) is 14.6. The molecule has 1 aromatic heterocycles. The van der Waals surface area contributed by atoms with E-state index in [4.69, 9.17) is 28.3 Å². The van der Waals surface area contributed by atoms with Crippen LogP contribution in [0, 0.1) is 0 Å². The predicted octanol–water partition coefficient (Wildman–Crippen LogP) is 6.18. The fourth-order valence-corrected chi connectivity index (χ4v) is 5.09. The Morgan fingerprint density at radius 2 is 1.67 bits per heavy atom. The van der Waals surface area contributed by atoms with E-state index in [9.17, 15) is 4.79 Å². The van der Waals surface area contributed by atoms with Gasteiger partial charge in [-0.25, -0.2) is 4.68 Å². The second-order valence-corrected chi connectivity index (χ2v) is 8.92. The Morgan fingerprint density at radius 1 is 0.933 bits per heavy atom. The number of para-hydroxylation sites is 1. The first-order valence-corrected chi connectivity index (χ1v) is 11.3. The minimum absolute atomic E-state index is 0.0893. The Hall–Kier alpha value is -2.30. The number of rotatable bonds is 3. The summed E-state index contributed by atoms with van der Waals surface area (Å²) in [6.07, 6.45) is 6.61. The molecule has 2 aromatic carbocycles. The molecule has 1 fully saturated rings. The molecule has 0 N–H and O–H groups in total. The molecule has 0 radical (unpaired) electrons. The summed E-state index contributed by atoms with van der Waals surface area (Å²) in [6.45, 7) is 0.732. The van der Waals surface area contributed by atoms with Gasteiger partial charge in [-0.3, -0.25) is 4.79 Å². The molecule has 30 heavy (non-hydrogen) atoms. The highest BCUT2D eigenvalue weighted by Gasteiger charge is 2.36. The van der Waals surface area contributed by atoms with Gasteiger partial charge in [0.2, 0.25) is 0 Å². The molecular weight excluding hydrogens is 417 g/mol. The second-order valence-electron chi connectivity index (χ2n) is 8.08. The lowest BCUT2D eigenvalue weighted by Gasteiger charge is -2.36. The lowest BCUT2D eigenvalue weighted by Crippen LogP contribution is -2.45. The number of carbonyl (C=O) groups is 1. The minimum Gasteiger partial charge on any atom is -0.335 e. The number of hydrogen-bond acceptors (Lipinski definition) is 2. The number of carbonyl (C=O) groups excluding carboxylic acids is 1. The average molecular weight is 440 g/mol. The van der Waals surface area contributed by atoms with Gasteiger partial charge in [0.05, 0.1) is 27.7 Å². The van der Waals surface area contributed by atoms with Gasteiger partial charge in [-0.2, -0.15) is 5.10 Å². The molecule has 0 bridgehead atoms. The summed E-state index contributed by atoms with van der Waals surface area (Å²) < 4.78 is 1.83. The van der Waals surface area contributed by atoms with Gasteiger partial charge in [-0.05, 0) is 37.1 Å². The van der Waals surface area contributed by atoms with Crippen molar-refractivity contribution in [1.29, 1.82) is 0 Å². The highest BCUT2D eigenvalue weighted by Crippen LogP contribution is 2.36. The lowest BCUT2D eigenvalue weighted by atomic mass is 9.91. The molecule has 154 valence electrons. The maximum atomic E-state index is 13.7. The highest BCUT2D eigenvalue weighted by molar-refractivity contribution is 6.32. The van der Waals surface area contributed by atoms with E-state index in [-0.39, 0.29) is 5.91 Å². The van der Waals surface area contributed by atoms with Gasteiger partial charge in [0.1, 0.15) is 0 Å². The van der Waals surface area contributed by atoms with Crippen LogP contribution in [0.4, 0.5) is 0 Å². The molecule has 1 amide bonds. The smallest absolute Gasteiger partial charge is 0.258 e. The molecule has 0 spiro atoms. The van der Waals surface area contributed by atoms with Crippen molar-refractivity contribution in [3.8, 4) is 16.9 Å². The molecule has 2 aliphatic rings. The van der Waals surface area contributed by atoms with E-state index in [0.717, 1.165) is 48.4 Å². The zero-order valence-corrected chi connectivity index (χ0v) is 18.2. The van der Waals surface area contributed by atoms with Crippen LogP contribution >= 0.6 is 23.2 Å². The molecule has 4 nitrogen and oxygen atoms in total. The average Bonchev–Trinajstić information content (AvgIpc) is 3.16. The van der Waals surface area contributed by atoms with Crippen LogP contribution in [-0.4, -0.2) is 33.2 Å². The van der Waals surface area contributed by atoms with E-state index in [1.165, 1.54) is 19.3 Å². The number of amides is 1. The van der Waals surface area contributed by atoms with Crippen LogP contribution in [-0.2, 0) is 6.42 Å². The van der Waals surface area contributed by atoms with Gasteiger partial charge in [-0.1, -0.05) is 66.7 Å². The van der Waals surface area contributed by atoms with Gasteiger partial charge in [-0.15, -0.1) is 0 Å². The van der Waals surface area contributed by atoms with Crippen molar-refractivity contribution in [3.05, 3.63) is 69.8 Å². The predicted molar refractivity (Wildman–Crippen MR) is 121 cm³/mol. The Bertz CT molecular complexity index is 1080. The van der Waals surface area contributed by atoms with Crippen LogP contribution in [0.15, 0.2) is 48.5 Å². The highest BCUT2D eigenvalue weighted by atomic mass is 35.5. The van der Waals surface area contributed by atoms with Crippen LogP contribution < -0.4 is 0 Å². The topological polar surface area (TPSA) is 38.1 Å². The first-order valence-electron chi connectivity index (χ1n) is 10.6. The van der Waals surface area contributed by atoms with E-state index in [2.05, 4.69) is 4.90 Å². The maximum absolute atomic E-state index is 13.7. The Labute approximate surface area is 186 Å². The molecule has 1 saturated carbocycles. The monoisotopic (exact) mass is 439 g/mol. The normalized spacial score (nSPS) is 17.3. The number of aromatic nitrogens is 2. The van der Waals surface area contributed by atoms with Crippen LogP contribution in [0.5, 0.6) is 0 Å². The molecule has 6 heteroatoms. The van der Waals surface area contributed by atoms with E-state index in [1.54, 1.807) is 0 Å². The summed E-state index contributed by atoms with van der Waals surface area (Å²) >= 11 is 12.6.